The Kier molecular flexibility index (Phi) is 6.00. The van der Waals surface area contributed by atoms with E-state index in [-0.39, 0.29) is 18.1 Å². The Labute approximate surface area is 181 Å². The number of carbonyl (C=O) groups excluding carboxylic acids is 2. The Morgan fingerprint density at radius 2 is 1.45 bits per heavy atom. The molecule has 2 amide bonds. The van der Waals surface area contributed by atoms with Crippen molar-refractivity contribution in [2.45, 2.75) is 19.1 Å². The van der Waals surface area contributed by atoms with E-state index >= 15 is 0 Å². The van der Waals surface area contributed by atoms with Crippen LogP contribution in [-0.4, -0.2) is 35.9 Å². The minimum atomic E-state index is -0.485. The van der Waals surface area contributed by atoms with Crippen LogP contribution in [0.5, 0.6) is 11.5 Å². The molecule has 0 saturated carbocycles. The van der Waals surface area contributed by atoms with Crippen LogP contribution >= 0.6 is 0 Å². The highest BCUT2D eigenvalue weighted by Crippen LogP contribution is 2.27. The van der Waals surface area contributed by atoms with E-state index in [9.17, 15) is 9.59 Å². The van der Waals surface area contributed by atoms with Gasteiger partial charge in [-0.15, -0.1) is 0 Å². The van der Waals surface area contributed by atoms with Gasteiger partial charge in [-0.1, -0.05) is 30.3 Å². The molecular weight excluding hydrogens is 392 g/mol. The van der Waals surface area contributed by atoms with Crippen molar-refractivity contribution in [1.82, 2.24) is 4.90 Å². The summed E-state index contributed by atoms with van der Waals surface area (Å²) in [6, 6.07) is 23.6. The summed E-state index contributed by atoms with van der Waals surface area (Å²) in [6.45, 7) is 3.04. The maximum absolute atomic E-state index is 13.1. The molecule has 2 N–H and O–H groups in total. The quantitative estimate of drug-likeness (QED) is 0.676. The summed E-state index contributed by atoms with van der Waals surface area (Å²) in [5.41, 5.74) is 7.33. The van der Waals surface area contributed by atoms with Gasteiger partial charge in [0.2, 0.25) is 5.91 Å². The van der Waals surface area contributed by atoms with Gasteiger partial charge in [0, 0.05) is 17.7 Å². The average molecular weight is 416 g/mol. The second-order valence-corrected chi connectivity index (χ2v) is 7.57. The summed E-state index contributed by atoms with van der Waals surface area (Å²) in [6.07, 6.45) is -0.186. The van der Waals surface area contributed by atoms with E-state index in [2.05, 4.69) is 0 Å². The topological polar surface area (TPSA) is 81.9 Å². The number of rotatable bonds is 5. The van der Waals surface area contributed by atoms with Crippen LogP contribution in [0, 0.1) is 0 Å². The number of benzene rings is 3. The van der Waals surface area contributed by atoms with Crippen molar-refractivity contribution in [2.75, 3.05) is 13.1 Å². The van der Waals surface area contributed by atoms with Crippen LogP contribution in [0.4, 0.5) is 0 Å². The van der Waals surface area contributed by atoms with Crippen LogP contribution in [-0.2, 0) is 4.74 Å². The fraction of sp³-hybridized carbons (Fsp3) is 0.200. The van der Waals surface area contributed by atoms with Crippen molar-refractivity contribution < 1.29 is 19.1 Å². The second kappa shape index (κ2) is 9.02. The molecule has 1 aliphatic heterocycles. The van der Waals surface area contributed by atoms with Gasteiger partial charge < -0.3 is 20.1 Å². The molecule has 6 nitrogen and oxygen atoms in total. The van der Waals surface area contributed by atoms with Gasteiger partial charge in [0.1, 0.15) is 17.6 Å². The minimum absolute atomic E-state index is 0.0338. The molecule has 31 heavy (non-hydrogen) atoms. The molecule has 1 heterocycles. The Morgan fingerprint density at radius 1 is 0.871 bits per heavy atom. The van der Waals surface area contributed by atoms with Crippen molar-refractivity contribution in [1.29, 1.82) is 0 Å². The summed E-state index contributed by atoms with van der Waals surface area (Å²) >= 11 is 0. The number of hydrogen-bond acceptors (Lipinski definition) is 4. The van der Waals surface area contributed by atoms with E-state index in [1.54, 1.807) is 48.5 Å². The van der Waals surface area contributed by atoms with Crippen LogP contribution in [0.3, 0.4) is 0 Å². The van der Waals surface area contributed by atoms with Gasteiger partial charge in [-0.05, 0) is 61.0 Å². The van der Waals surface area contributed by atoms with Crippen LogP contribution in [0.15, 0.2) is 78.9 Å². The number of nitrogens with two attached hydrogens (primary N) is 1. The molecule has 0 bridgehead atoms. The SMILES string of the molecule is C[C@H]1CN(C(=O)c2ccc(Oc3ccc(C(N)=O)cc3)cc2)C[C@@H](c2ccccc2)O1. The molecule has 0 unspecified atom stereocenters. The molecule has 1 fully saturated rings. The van der Waals surface area contributed by atoms with E-state index in [4.69, 9.17) is 15.2 Å². The molecule has 4 rings (SSSR count). The largest absolute Gasteiger partial charge is 0.457 e. The third-order valence-electron chi connectivity index (χ3n) is 5.19. The number of primary amides is 1. The molecule has 1 aliphatic rings. The van der Waals surface area contributed by atoms with Crippen LogP contribution in [0.2, 0.25) is 0 Å². The first-order valence-electron chi connectivity index (χ1n) is 10.2. The van der Waals surface area contributed by atoms with Crippen molar-refractivity contribution in [2.24, 2.45) is 5.73 Å². The van der Waals surface area contributed by atoms with Crippen molar-refractivity contribution in [3.05, 3.63) is 95.6 Å². The zero-order valence-corrected chi connectivity index (χ0v) is 17.2. The summed E-state index contributed by atoms with van der Waals surface area (Å²) in [5.74, 6) is 0.660. The van der Waals surface area contributed by atoms with Gasteiger partial charge in [-0.25, -0.2) is 0 Å². The lowest BCUT2D eigenvalue weighted by Gasteiger charge is -2.37. The van der Waals surface area contributed by atoms with Crippen LogP contribution in [0.1, 0.15) is 39.3 Å². The van der Waals surface area contributed by atoms with Gasteiger partial charge in [-0.3, -0.25) is 9.59 Å². The highest BCUT2D eigenvalue weighted by Gasteiger charge is 2.29. The average Bonchev–Trinajstić information content (AvgIpc) is 2.79. The lowest BCUT2D eigenvalue weighted by Crippen LogP contribution is -2.45. The monoisotopic (exact) mass is 416 g/mol. The zero-order chi connectivity index (χ0) is 21.8. The number of carbonyl (C=O) groups is 2. The van der Waals surface area contributed by atoms with Gasteiger partial charge in [-0.2, -0.15) is 0 Å². The summed E-state index contributed by atoms with van der Waals surface area (Å²) in [7, 11) is 0. The zero-order valence-electron chi connectivity index (χ0n) is 17.2. The molecule has 0 aromatic heterocycles. The summed E-state index contributed by atoms with van der Waals surface area (Å²) < 4.78 is 11.8. The third-order valence-corrected chi connectivity index (χ3v) is 5.19. The fourth-order valence-electron chi connectivity index (χ4n) is 3.64. The van der Waals surface area contributed by atoms with Gasteiger partial charge >= 0.3 is 0 Å². The lowest BCUT2D eigenvalue weighted by atomic mass is 10.1. The maximum atomic E-state index is 13.1. The highest BCUT2D eigenvalue weighted by molar-refractivity contribution is 5.94. The summed E-state index contributed by atoms with van der Waals surface area (Å²) in [4.78, 5) is 26.1. The minimum Gasteiger partial charge on any atom is -0.457 e. The smallest absolute Gasteiger partial charge is 0.254 e. The van der Waals surface area contributed by atoms with Crippen molar-refractivity contribution in [3.8, 4) is 11.5 Å². The van der Waals surface area contributed by atoms with E-state index in [1.807, 2.05) is 42.2 Å². The van der Waals surface area contributed by atoms with E-state index in [0.717, 1.165) is 5.56 Å². The van der Waals surface area contributed by atoms with E-state index < -0.39 is 5.91 Å². The molecule has 0 aliphatic carbocycles. The highest BCUT2D eigenvalue weighted by atomic mass is 16.5. The Bertz CT molecular complexity index is 1050. The molecular formula is C25H24N2O4. The van der Waals surface area contributed by atoms with Gasteiger partial charge in [0.15, 0.2) is 0 Å². The fourth-order valence-corrected chi connectivity index (χ4v) is 3.64. The van der Waals surface area contributed by atoms with Gasteiger partial charge in [0.25, 0.3) is 5.91 Å². The third kappa shape index (κ3) is 4.92. The predicted octanol–water partition coefficient (Wildman–Crippen LogP) is 4.18. The van der Waals surface area contributed by atoms with Crippen LogP contribution < -0.4 is 10.5 Å². The Balaban J connectivity index is 1.43. The number of hydrogen-bond donors (Lipinski definition) is 1. The molecule has 2 atom stereocenters. The molecule has 6 heteroatoms. The number of nitrogens with zero attached hydrogens (tertiary/aromatic N) is 1. The number of amides is 2. The lowest BCUT2D eigenvalue weighted by molar-refractivity contribution is -0.0691. The molecule has 3 aromatic carbocycles. The van der Waals surface area contributed by atoms with Gasteiger partial charge in [0.05, 0.1) is 12.6 Å². The van der Waals surface area contributed by atoms with E-state index in [0.29, 0.717) is 35.7 Å². The Hall–Kier alpha value is -3.64. The first kappa shape index (κ1) is 20.6. The predicted molar refractivity (Wildman–Crippen MR) is 117 cm³/mol. The summed E-state index contributed by atoms with van der Waals surface area (Å²) in [5, 5.41) is 0. The first-order chi connectivity index (χ1) is 15.0. The number of morpholine rings is 1. The molecule has 3 aromatic rings. The Morgan fingerprint density at radius 3 is 2.03 bits per heavy atom. The number of ether oxygens (including phenoxy) is 2. The van der Waals surface area contributed by atoms with Crippen LogP contribution in [0.25, 0.3) is 0 Å². The van der Waals surface area contributed by atoms with E-state index in [1.165, 1.54) is 0 Å². The molecule has 1 saturated heterocycles. The maximum Gasteiger partial charge on any atom is 0.254 e. The second-order valence-electron chi connectivity index (χ2n) is 7.57. The normalized spacial score (nSPS) is 18.4. The first-order valence-corrected chi connectivity index (χ1v) is 10.2. The molecule has 158 valence electrons. The van der Waals surface area contributed by atoms with Crippen molar-refractivity contribution >= 4 is 11.8 Å². The van der Waals surface area contributed by atoms with Crippen molar-refractivity contribution in [3.63, 3.8) is 0 Å². The molecule has 0 spiro atoms. The molecule has 0 radical (unpaired) electrons. The standard InChI is InChI=1S/C25H24N2O4/c1-17-15-27(16-23(30-17)18-5-3-2-4-6-18)25(29)20-9-13-22(14-10-20)31-21-11-7-19(8-12-21)24(26)28/h2-14,17,23H,15-16H2,1H3,(H2,26,28)/t17-,23-/m0/s1.